The zero-order valence-electron chi connectivity index (χ0n) is 11.9. The van der Waals surface area contributed by atoms with Gasteiger partial charge in [-0.25, -0.2) is 4.39 Å². The van der Waals surface area contributed by atoms with Crippen LogP contribution in [-0.4, -0.2) is 18.5 Å². The van der Waals surface area contributed by atoms with Gasteiger partial charge in [0.15, 0.2) is 5.96 Å². The lowest BCUT2D eigenvalue weighted by Gasteiger charge is -2.42. The molecule has 0 atom stereocenters. The first kappa shape index (κ1) is 15.1. The molecule has 3 N–H and O–H groups in total. The minimum absolute atomic E-state index is 0.0369. The van der Waals surface area contributed by atoms with Crippen LogP contribution in [0.4, 0.5) is 4.39 Å². The zero-order valence-corrected chi connectivity index (χ0v) is 12.6. The lowest BCUT2D eigenvalue weighted by molar-refractivity contribution is 0.0326. The Bertz CT molecular complexity index is 496. The summed E-state index contributed by atoms with van der Waals surface area (Å²) < 4.78 is 14.7. The number of nitrogens with zero attached hydrogens (tertiary/aromatic N) is 1. The molecule has 1 fully saturated rings. The van der Waals surface area contributed by atoms with Gasteiger partial charge in [-0.3, -0.25) is 4.99 Å². The van der Waals surface area contributed by atoms with Crippen molar-refractivity contribution < 1.29 is 4.39 Å². The molecule has 1 aromatic carbocycles. The number of alkyl halides is 1. The van der Waals surface area contributed by atoms with Crippen LogP contribution in [0.1, 0.15) is 32.3 Å². The van der Waals surface area contributed by atoms with Crippen LogP contribution < -0.4 is 11.1 Å². The van der Waals surface area contributed by atoms with Gasteiger partial charge in [0.05, 0.1) is 0 Å². The maximum Gasteiger partial charge on any atom is 0.188 e. The Kier molecular flexibility index (Phi) is 4.53. The number of halogens is 2. The highest BCUT2D eigenvalue weighted by molar-refractivity contribution is 6.30. The largest absolute Gasteiger partial charge is 0.370 e. The van der Waals surface area contributed by atoms with Crippen LogP contribution >= 0.6 is 11.6 Å². The van der Waals surface area contributed by atoms with Gasteiger partial charge in [0, 0.05) is 30.5 Å². The molecule has 1 aliphatic rings. The van der Waals surface area contributed by atoms with Crippen molar-refractivity contribution in [2.45, 2.75) is 38.4 Å². The van der Waals surface area contributed by atoms with Crippen LogP contribution in [-0.2, 0) is 5.67 Å². The fourth-order valence-corrected chi connectivity index (χ4v) is 2.55. The topological polar surface area (TPSA) is 50.4 Å². The number of guanidine groups is 1. The molecule has 2 rings (SSSR count). The standard InChI is InChI=1S/C15H21ClFN3/c1-10(2)9-19-14(18)20-13-7-15(17,8-13)11-4-3-5-12(16)6-11/h3-6,10,13H,7-9H2,1-2H3,(H3,18,19,20). The quantitative estimate of drug-likeness (QED) is 0.662. The number of nitrogens with one attached hydrogen (secondary N) is 1. The summed E-state index contributed by atoms with van der Waals surface area (Å²) in [6.07, 6.45) is 0.788. The van der Waals surface area contributed by atoms with Crippen molar-refractivity contribution >= 4 is 17.6 Å². The summed E-state index contributed by atoms with van der Waals surface area (Å²) in [5.41, 5.74) is 5.11. The van der Waals surface area contributed by atoms with E-state index in [1.54, 1.807) is 24.3 Å². The summed E-state index contributed by atoms with van der Waals surface area (Å²) in [7, 11) is 0. The van der Waals surface area contributed by atoms with Crippen molar-refractivity contribution in [1.29, 1.82) is 0 Å². The second kappa shape index (κ2) is 6.00. The Morgan fingerprint density at radius 1 is 1.55 bits per heavy atom. The van der Waals surface area contributed by atoms with E-state index in [1.807, 2.05) is 0 Å². The average molecular weight is 298 g/mol. The van der Waals surface area contributed by atoms with Crippen molar-refractivity contribution in [2.24, 2.45) is 16.6 Å². The normalized spacial score (nSPS) is 26.4. The number of rotatable bonds is 4. The molecule has 1 aliphatic carbocycles. The van der Waals surface area contributed by atoms with E-state index < -0.39 is 5.67 Å². The van der Waals surface area contributed by atoms with E-state index in [-0.39, 0.29) is 6.04 Å². The average Bonchev–Trinajstić information content (AvgIpc) is 2.34. The zero-order chi connectivity index (χ0) is 14.8. The highest BCUT2D eigenvalue weighted by Gasteiger charge is 2.46. The molecule has 0 bridgehead atoms. The number of hydrogen-bond acceptors (Lipinski definition) is 1. The Morgan fingerprint density at radius 2 is 2.25 bits per heavy atom. The van der Waals surface area contributed by atoms with Crippen LogP contribution in [0, 0.1) is 5.92 Å². The summed E-state index contributed by atoms with van der Waals surface area (Å²) in [6, 6.07) is 7.03. The van der Waals surface area contributed by atoms with Gasteiger partial charge in [-0.1, -0.05) is 37.6 Å². The van der Waals surface area contributed by atoms with Crippen molar-refractivity contribution in [3.8, 4) is 0 Å². The molecule has 5 heteroatoms. The second-order valence-corrected chi connectivity index (χ2v) is 6.28. The Balaban J connectivity index is 1.89. The van der Waals surface area contributed by atoms with E-state index in [0.29, 0.717) is 41.8 Å². The van der Waals surface area contributed by atoms with E-state index in [1.165, 1.54) is 0 Å². The van der Waals surface area contributed by atoms with Crippen molar-refractivity contribution in [2.75, 3.05) is 6.54 Å². The SMILES string of the molecule is CC(C)CN=C(N)NC1CC(F)(c2cccc(Cl)c2)C1. The van der Waals surface area contributed by atoms with Crippen LogP contribution in [0.15, 0.2) is 29.3 Å². The van der Waals surface area contributed by atoms with Gasteiger partial charge in [-0.15, -0.1) is 0 Å². The monoisotopic (exact) mass is 297 g/mol. The van der Waals surface area contributed by atoms with Gasteiger partial charge >= 0.3 is 0 Å². The third kappa shape index (κ3) is 3.63. The van der Waals surface area contributed by atoms with Crippen LogP contribution in [0.25, 0.3) is 0 Å². The number of nitrogens with two attached hydrogens (primary N) is 1. The smallest absolute Gasteiger partial charge is 0.188 e. The third-order valence-electron chi connectivity index (χ3n) is 3.46. The third-order valence-corrected chi connectivity index (χ3v) is 3.70. The molecule has 20 heavy (non-hydrogen) atoms. The first-order valence-corrected chi connectivity index (χ1v) is 7.28. The van der Waals surface area contributed by atoms with Gasteiger partial charge in [-0.05, 0) is 23.6 Å². The van der Waals surface area contributed by atoms with Crippen molar-refractivity contribution in [3.63, 3.8) is 0 Å². The number of hydrogen-bond donors (Lipinski definition) is 2. The maximum absolute atomic E-state index is 14.7. The summed E-state index contributed by atoms with van der Waals surface area (Å²) in [5.74, 6) is 0.861. The fourth-order valence-electron chi connectivity index (χ4n) is 2.36. The Hall–Kier alpha value is -1.29. The summed E-state index contributed by atoms with van der Waals surface area (Å²) >= 11 is 5.90. The van der Waals surface area contributed by atoms with Gasteiger partial charge in [0.2, 0.25) is 0 Å². The molecule has 0 unspecified atom stereocenters. The molecule has 0 aromatic heterocycles. The van der Waals surface area contributed by atoms with E-state index in [0.717, 1.165) is 0 Å². The molecule has 110 valence electrons. The molecule has 0 heterocycles. The summed E-state index contributed by atoms with van der Waals surface area (Å²) in [4.78, 5) is 4.22. The van der Waals surface area contributed by atoms with E-state index in [2.05, 4.69) is 24.2 Å². The maximum atomic E-state index is 14.7. The van der Waals surface area contributed by atoms with Crippen LogP contribution in [0.2, 0.25) is 5.02 Å². The predicted molar refractivity (Wildman–Crippen MR) is 81.7 cm³/mol. The van der Waals surface area contributed by atoms with Gasteiger partial charge < -0.3 is 11.1 Å². The number of aliphatic imine (C=N–C) groups is 1. The van der Waals surface area contributed by atoms with Crippen molar-refractivity contribution in [1.82, 2.24) is 5.32 Å². The second-order valence-electron chi connectivity index (χ2n) is 5.84. The first-order chi connectivity index (χ1) is 9.39. The van der Waals surface area contributed by atoms with Gasteiger partial charge in [0.1, 0.15) is 5.67 Å². The van der Waals surface area contributed by atoms with E-state index >= 15 is 0 Å². The molecule has 0 radical (unpaired) electrons. The molecule has 0 spiro atoms. The number of benzene rings is 1. The minimum Gasteiger partial charge on any atom is -0.370 e. The highest BCUT2D eigenvalue weighted by Crippen LogP contribution is 2.45. The highest BCUT2D eigenvalue weighted by atomic mass is 35.5. The Morgan fingerprint density at radius 3 is 2.85 bits per heavy atom. The molecule has 3 nitrogen and oxygen atoms in total. The molecular formula is C15H21ClFN3. The lowest BCUT2D eigenvalue weighted by Crippen LogP contribution is -2.53. The molecular weight excluding hydrogens is 277 g/mol. The molecule has 1 aromatic rings. The van der Waals surface area contributed by atoms with Gasteiger partial charge in [-0.2, -0.15) is 0 Å². The van der Waals surface area contributed by atoms with Crippen LogP contribution in [0.3, 0.4) is 0 Å². The first-order valence-electron chi connectivity index (χ1n) is 6.90. The predicted octanol–water partition coefficient (Wildman–Crippen LogP) is 3.23. The molecule has 0 amide bonds. The minimum atomic E-state index is -1.30. The Labute approximate surface area is 124 Å². The fraction of sp³-hybridized carbons (Fsp3) is 0.533. The van der Waals surface area contributed by atoms with Gasteiger partial charge in [0.25, 0.3) is 0 Å². The summed E-state index contributed by atoms with van der Waals surface area (Å²) in [5, 5.41) is 3.63. The van der Waals surface area contributed by atoms with Crippen LogP contribution in [0.5, 0.6) is 0 Å². The van der Waals surface area contributed by atoms with E-state index in [9.17, 15) is 4.39 Å². The molecule has 1 saturated carbocycles. The molecule has 0 saturated heterocycles. The lowest BCUT2D eigenvalue weighted by atomic mass is 9.73. The molecule has 0 aliphatic heterocycles. The van der Waals surface area contributed by atoms with E-state index in [4.69, 9.17) is 17.3 Å². The summed E-state index contributed by atoms with van der Waals surface area (Å²) in [6.45, 7) is 4.83. The van der Waals surface area contributed by atoms with Crippen molar-refractivity contribution in [3.05, 3.63) is 34.9 Å².